The fraction of sp³-hybridized carbons (Fsp3) is 0.481. The third-order valence-corrected chi connectivity index (χ3v) is 8.31. The van der Waals surface area contributed by atoms with Crippen LogP contribution in [0.15, 0.2) is 36.0 Å². The Balaban J connectivity index is 1.40. The van der Waals surface area contributed by atoms with E-state index in [2.05, 4.69) is 32.8 Å². The topological polar surface area (TPSA) is 74.6 Å². The van der Waals surface area contributed by atoms with E-state index < -0.39 is 0 Å². The lowest BCUT2D eigenvalue weighted by atomic mass is 10.2. The molecular formula is C27H34N6O2S. The van der Waals surface area contributed by atoms with E-state index >= 15 is 0 Å². The molecule has 0 unspecified atom stereocenters. The second kappa shape index (κ2) is 10.5. The first-order valence-corrected chi connectivity index (χ1v) is 13.6. The molecule has 0 atom stereocenters. The average molecular weight is 507 g/mol. The van der Waals surface area contributed by atoms with Crippen molar-refractivity contribution in [2.45, 2.75) is 38.6 Å². The molecule has 1 saturated heterocycles. The maximum Gasteiger partial charge on any atom is 0.255 e. The molecule has 2 aliphatic rings. The zero-order chi connectivity index (χ0) is 25.2. The summed E-state index contributed by atoms with van der Waals surface area (Å²) in [4.78, 5) is 40.5. The fourth-order valence-electron chi connectivity index (χ4n) is 5.30. The summed E-state index contributed by atoms with van der Waals surface area (Å²) in [5, 5.41) is 3.06. The molecule has 0 bridgehead atoms. The Morgan fingerprint density at radius 3 is 2.44 bits per heavy atom. The monoisotopic (exact) mass is 506 g/mol. The molecule has 1 aliphatic carbocycles. The highest BCUT2D eigenvalue weighted by atomic mass is 32.1. The first kappa shape index (κ1) is 24.6. The summed E-state index contributed by atoms with van der Waals surface area (Å²) in [6, 6.07) is 6.42. The number of nitrogens with zero attached hydrogens (tertiary/aromatic N) is 6. The minimum Gasteiger partial charge on any atom is -0.348 e. The summed E-state index contributed by atoms with van der Waals surface area (Å²) in [6.45, 7) is 5.17. The molecule has 5 rings (SSSR count). The van der Waals surface area contributed by atoms with Crippen LogP contribution in [0.1, 0.15) is 47.8 Å². The van der Waals surface area contributed by atoms with Crippen LogP contribution in [0.4, 0.5) is 0 Å². The standard InChI is InChI=1S/C27H34N6O2S/c1-19-22(27(35)32-14-12-31(13-15-32)17-25(34)30(2)3)16-24(33(19)21-6-4-5-7-21)23-18-36-26(29-23)20-8-10-28-11-9-20/h8-11,16,18,21H,4-7,12-15,17H2,1-3H3. The summed E-state index contributed by atoms with van der Waals surface area (Å²) < 4.78 is 2.37. The van der Waals surface area contributed by atoms with Gasteiger partial charge in [0.15, 0.2) is 0 Å². The van der Waals surface area contributed by atoms with Crippen LogP contribution in [-0.4, -0.2) is 87.9 Å². The number of likely N-dealkylation sites (N-methyl/N-ethyl adjacent to an activating group) is 1. The molecule has 1 aliphatic heterocycles. The number of amides is 2. The van der Waals surface area contributed by atoms with Crippen LogP contribution in [0.3, 0.4) is 0 Å². The van der Waals surface area contributed by atoms with Gasteiger partial charge in [-0.05, 0) is 38.0 Å². The molecule has 1 saturated carbocycles. The molecular weight excluding hydrogens is 472 g/mol. The molecule has 3 aromatic rings. The first-order valence-electron chi connectivity index (χ1n) is 12.7. The Kier molecular flexibility index (Phi) is 7.20. The van der Waals surface area contributed by atoms with Gasteiger partial charge >= 0.3 is 0 Å². The zero-order valence-electron chi connectivity index (χ0n) is 21.3. The van der Waals surface area contributed by atoms with Gasteiger partial charge in [0.25, 0.3) is 5.91 Å². The first-order chi connectivity index (χ1) is 17.4. The summed E-state index contributed by atoms with van der Waals surface area (Å²) >= 11 is 1.62. The third-order valence-electron chi connectivity index (χ3n) is 7.42. The molecule has 8 nitrogen and oxygen atoms in total. The Bertz CT molecular complexity index is 1220. The van der Waals surface area contributed by atoms with Crippen molar-refractivity contribution in [3.05, 3.63) is 47.2 Å². The van der Waals surface area contributed by atoms with Gasteiger partial charge in [-0.1, -0.05) is 12.8 Å². The normalized spacial score (nSPS) is 17.0. The maximum absolute atomic E-state index is 13.7. The number of rotatable bonds is 6. The minimum absolute atomic E-state index is 0.0775. The molecule has 36 heavy (non-hydrogen) atoms. The average Bonchev–Trinajstić information content (AvgIpc) is 3.65. The predicted molar refractivity (Wildman–Crippen MR) is 142 cm³/mol. The van der Waals surface area contributed by atoms with E-state index in [1.54, 1.807) is 42.7 Å². The van der Waals surface area contributed by atoms with Crippen LogP contribution in [0, 0.1) is 6.92 Å². The second-order valence-electron chi connectivity index (χ2n) is 9.97. The number of carbonyl (C=O) groups excluding carboxylic acids is 2. The number of hydrogen-bond donors (Lipinski definition) is 0. The van der Waals surface area contributed by atoms with Crippen molar-refractivity contribution in [2.75, 3.05) is 46.8 Å². The summed E-state index contributed by atoms with van der Waals surface area (Å²) in [6.07, 6.45) is 8.28. The molecule has 0 spiro atoms. The molecule has 0 radical (unpaired) electrons. The van der Waals surface area contributed by atoms with Crippen molar-refractivity contribution in [3.63, 3.8) is 0 Å². The predicted octanol–water partition coefficient (Wildman–Crippen LogP) is 3.94. The van der Waals surface area contributed by atoms with Crippen molar-refractivity contribution in [2.24, 2.45) is 0 Å². The van der Waals surface area contributed by atoms with E-state index in [9.17, 15) is 9.59 Å². The largest absolute Gasteiger partial charge is 0.348 e. The zero-order valence-corrected chi connectivity index (χ0v) is 22.1. The van der Waals surface area contributed by atoms with Crippen LogP contribution in [-0.2, 0) is 4.79 Å². The van der Waals surface area contributed by atoms with Gasteiger partial charge in [-0.25, -0.2) is 4.98 Å². The van der Waals surface area contributed by atoms with Crippen molar-refractivity contribution < 1.29 is 9.59 Å². The lowest BCUT2D eigenvalue weighted by Gasteiger charge is -2.34. The number of aromatic nitrogens is 3. The van der Waals surface area contributed by atoms with Gasteiger partial charge in [-0.15, -0.1) is 11.3 Å². The highest BCUT2D eigenvalue weighted by Gasteiger charge is 2.30. The molecule has 3 aromatic heterocycles. The van der Waals surface area contributed by atoms with Gasteiger partial charge < -0.3 is 14.4 Å². The molecule has 4 heterocycles. The number of thiazole rings is 1. The number of hydrogen-bond acceptors (Lipinski definition) is 6. The van der Waals surface area contributed by atoms with Crippen molar-refractivity contribution >= 4 is 23.2 Å². The highest BCUT2D eigenvalue weighted by Crippen LogP contribution is 2.38. The summed E-state index contributed by atoms with van der Waals surface area (Å²) in [5.41, 5.74) is 4.82. The van der Waals surface area contributed by atoms with Crippen LogP contribution in [0.2, 0.25) is 0 Å². The Hall–Kier alpha value is -3.04. The maximum atomic E-state index is 13.7. The Morgan fingerprint density at radius 1 is 1.08 bits per heavy atom. The fourth-order valence-corrected chi connectivity index (χ4v) is 6.12. The minimum atomic E-state index is 0.0775. The third kappa shape index (κ3) is 4.95. The number of pyridine rings is 1. The van der Waals surface area contributed by atoms with E-state index in [4.69, 9.17) is 4.98 Å². The van der Waals surface area contributed by atoms with E-state index in [1.165, 1.54) is 12.8 Å². The Morgan fingerprint density at radius 2 is 1.78 bits per heavy atom. The number of piperazine rings is 1. The quantitative estimate of drug-likeness (QED) is 0.506. The lowest BCUT2D eigenvalue weighted by Crippen LogP contribution is -2.51. The summed E-state index contributed by atoms with van der Waals surface area (Å²) in [5.74, 6) is 0.173. The van der Waals surface area contributed by atoms with Crippen LogP contribution in [0.5, 0.6) is 0 Å². The van der Waals surface area contributed by atoms with Crippen LogP contribution < -0.4 is 0 Å². The second-order valence-corrected chi connectivity index (χ2v) is 10.8. The van der Waals surface area contributed by atoms with E-state index in [0.717, 1.165) is 46.1 Å². The number of carbonyl (C=O) groups is 2. The van der Waals surface area contributed by atoms with Crippen molar-refractivity contribution in [1.29, 1.82) is 0 Å². The van der Waals surface area contributed by atoms with Crippen molar-refractivity contribution in [1.82, 2.24) is 29.2 Å². The molecule has 9 heteroatoms. The van der Waals surface area contributed by atoms with Gasteiger partial charge in [0.2, 0.25) is 5.91 Å². The SMILES string of the molecule is Cc1c(C(=O)N2CCN(CC(=O)N(C)C)CC2)cc(-c2csc(-c3ccncc3)n2)n1C1CCCC1. The van der Waals surface area contributed by atoms with Gasteiger partial charge in [0, 0.05) is 75.3 Å². The van der Waals surface area contributed by atoms with Gasteiger partial charge in [0.1, 0.15) is 5.01 Å². The molecule has 0 aromatic carbocycles. The lowest BCUT2D eigenvalue weighted by molar-refractivity contribution is -0.130. The van der Waals surface area contributed by atoms with E-state index in [-0.39, 0.29) is 11.8 Å². The van der Waals surface area contributed by atoms with Gasteiger partial charge in [-0.3, -0.25) is 19.5 Å². The van der Waals surface area contributed by atoms with Crippen LogP contribution in [0.25, 0.3) is 22.0 Å². The smallest absolute Gasteiger partial charge is 0.255 e. The van der Waals surface area contributed by atoms with Crippen LogP contribution >= 0.6 is 11.3 Å². The van der Waals surface area contributed by atoms with Crippen molar-refractivity contribution in [3.8, 4) is 22.0 Å². The molecule has 190 valence electrons. The van der Waals surface area contributed by atoms with E-state index in [1.807, 2.05) is 17.0 Å². The van der Waals surface area contributed by atoms with Gasteiger partial charge in [-0.2, -0.15) is 0 Å². The van der Waals surface area contributed by atoms with Gasteiger partial charge in [0.05, 0.1) is 23.5 Å². The molecule has 0 N–H and O–H groups in total. The van der Waals surface area contributed by atoms with E-state index in [0.29, 0.717) is 38.8 Å². The molecule has 2 amide bonds. The summed E-state index contributed by atoms with van der Waals surface area (Å²) in [7, 11) is 3.56. The highest BCUT2D eigenvalue weighted by molar-refractivity contribution is 7.13. The Labute approximate surface area is 216 Å². The molecule has 2 fully saturated rings.